The number of carbonyl (C=O) groups is 1. The summed E-state index contributed by atoms with van der Waals surface area (Å²) in [5, 5.41) is 14.3. The molecule has 0 aliphatic carbocycles. The van der Waals surface area contributed by atoms with Gasteiger partial charge in [0.1, 0.15) is 10.7 Å². The number of benzene rings is 1. The van der Waals surface area contributed by atoms with Crippen molar-refractivity contribution in [2.45, 2.75) is 13.3 Å². The van der Waals surface area contributed by atoms with E-state index in [2.05, 4.69) is 10.5 Å². The summed E-state index contributed by atoms with van der Waals surface area (Å²) in [5.74, 6) is -0.294. The molecule has 0 fully saturated rings. The second kappa shape index (κ2) is 7.69. The molecule has 1 amide bonds. The van der Waals surface area contributed by atoms with E-state index in [0.717, 1.165) is 12.0 Å². The lowest BCUT2D eigenvalue weighted by molar-refractivity contribution is -0.402. The average Bonchev–Trinajstić information content (AvgIpc) is 3.03. The Bertz CT molecular complexity index is 762. The molecule has 1 aromatic carbocycles. The zero-order valence-electron chi connectivity index (χ0n) is 12.4. The first kappa shape index (κ1) is 16.2. The Kier molecular flexibility index (Phi) is 5.40. The zero-order valence-corrected chi connectivity index (χ0v) is 12.4. The molecule has 0 saturated heterocycles. The summed E-state index contributed by atoms with van der Waals surface area (Å²) in [5.41, 5.74) is 3.95. The van der Waals surface area contributed by atoms with Crippen LogP contribution in [-0.4, -0.2) is 17.0 Å². The number of nitro groups is 1. The van der Waals surface area contributed by atoms with E-state index in [9.17, 15) is 14.9 Å². The second-order valence-corrected chi connectivity index (χ2v) is 4.52. The van der Waals surface area contributed by atoms with Crippen LogP contribution in [0.4, 0.5) is 5.88 Å². The van der Waals surface area contributed by atoms with Gasteiger partial charge in [-0.3, -0.25) is 14.9 Å². The van der Waals surface area contributed by atoms with Crippen LogP contribution < -0.4 is 5.43 Å². The third-order valence-corrected chi connectivity index (χ3v) is 3.02. The minimum Gasteiger partial charge on any atom is -0.401 e. The average molecular weight is 313 g/mol. The Morgan fingerprint density at radius 3 is 2.83 bits per heavy atom. The second-order valence-electron chi connectivity index (χ2n) is 4.52. The van der Waals surface area contributed by atoms with Gasteiger partial charge in [0.05, 0.1) is 6.07 Å². The predicted octanol–water partition coefficient (Wildman–Crippen LogP) is 3.18. The van der Waals surface area contributed by atoms with Crippen molar-refractivity contribution in [2.24, 2.45) is 5.10 Å². The first-order valence-corrected chi connectivity index (χ1v) is 6.94. The van der Waals surface area contributed by atoms with Crippen LogP contribution in [-0.2, 0) is 6.42 Å². The van der Waals surface area contributed by atoms with Crippen LogP contribution in [0.2, 0.25) is 0 Å². The molecule has 0 bridgehead atoms. The summed E-state index contributed by atoms with van der Waals surface area (Å²) < 4.78 is 4.94. The largest absolute Gasteiger partial charge is 0.433 e. The van der Waals surface area contributed by atoms with Gasteiger partial charge in [-0.25, -0.2) is 5.43 Å². The molecule has 7 nitrogen and oxygen atoms in total. The van der Waals surface area contributed by atoms with E-state index in [1.807, 2.05) is 19.1 Å². The lowest BCUT2D eigenvalue weighted by Gasteiger charge is -2.04. The van der Waals surface area contributed by atoms with Gasteiger partial charge in [0.25, 0.3) is 5.91 Å². The fourth-order valence-electron chi connectivity index (χ4n) is 1.92. The molecule has 2 aromatic rings. The van der Waals surface area contributed by atoms with Gasteiger partial charge in [-0.15, -0.1) is 0 Å². The van der Waals surface area contributed by atoms with Gasteiger partial charge in [-0.2, -0.15) is 5.10 Å². The standard InChI is InChI=1S/C16H15N3O4/c1-2-12-6-3-4-8-14(12)16(20)18-17-11-5-7-13-9-10-15(23-13)19(21)22/h3-11H,2H2,1H3,(H,18,20). The van der Waals surface area contributed by atoms with Crippen LogP contribution >= 0.6 is 0 Å². The highest BCUT2D eigenvalue weighted by molar-refractivity contribution is 5.96. The van der Waals surface area contributed by atoms with Crippen molar-refractivity contribution in [1.29, 1.82) is 0 Å². The fourth-order valence-corrected chi connectivity index (χ4v) is 1.92. The molecular weight excluding hydrogens is 298 g/mol. The summed E-state index contributed by atoms with van der Waals surface area (Å²) in [7, 11) is 0. The van der Waals surface area contributed by atoms with E-state index in [-0.39, 0.29) is 11.8 Å². The first-order chi connectivity index (χ1) is 11.1. The van der Waals surface area contributed by atoms with Crippen molar-refractivity contribution in [2.75, 3.05) is 0 Å². The van der Waals surface area contributed by atoms with E-state index in [0.29, 0.717) is 11.3 Å². The van der Waals surface area contributed by atoms with Crippen LogP contribution in [0.25, 0.3) is 6.08 Å². The molecule has 0 radical (unpaired) electrons. The Balaban J connectivity index is 1.92. The molecule has 23 heavy (non-hydrogen) atoms. The molecule has 0 saturated carbocycles. The van der Waals surface area contributed by atoms with Crippen LogP contribution in [0.5, 0.6) is 0 Å². The van der Waals surface area contributed by atoms with Gasteiger partial charge in [0, 0.05) is 11.8 Å². The summed E-state index contributed by atoms with van der Waals surface area (Å²) in [4.78, 5) is 21.8. The topological polar surface area (TPSA) is 97.7 Å². The Labute approximate surface area is 132 Å². The molecule has 1 N–H and O–H groups in total. The van der Waals surface area contributed by atoms with Crippen molar-refractivity contribution in [3.63, 3.8) is 0 Å². The number of rotatable bonds is 6. The molecule has 0 aliphatic heterocycles. The highest BCUT2D eigenvalue weighted by Crippen LogP contribution is 2.16. The SMILES string of the molecule is CCc1ccccc1C(=O)NN=CC=Cc1ccc([N+](=O)[O-])o1. The predicted molar refractivity (Wildman–Crippen MR) is 86.2 cm³/mol. The summed E-state index contributed by atoms with van der Waals surface area (Å²) in [6.45, 7) is 1.97. The maximum atomic E-state index is 12.0. The van der Waals surface area contributed by atoms with Crippen LogP contribution in [0.3, 0.4) is 0 Å². The maximum absolute atomic E-state index is 12.0. The summed E-state index contributed by atoms with van der Waals surface area (Å²) in [6, 6.07) is 10.0. The fraction of sp³-hybridized carbons (Fsp3) is 0.125. The van der Waals surface area contributed by atoms with Gasteiger partial charge in [0.15, 0.2) is 0 Å². The van der Waals surface area contributed by atoms with Crippen LogP contribution in [0.15, 0.2) is 52.0 Å². The van der Waals surface area contributed by atoms with Crippen molar-refractivity contribution >= 4 is 24.1 Å². The lowest BCUT2D eigenvalue weighted by Crippen LogP contribution is -2.18. The zero-order chi connectivity index (χ0) is 16.7. The van der Waals surface area contributed by atoms with Crippen LogP contribution in [0, 0.1) is 10.1 Å². The molecule has 7 heteroatoms. The minimum absolute atomic E-state index is 0.291. The summed E-state index contributed by atoms with van der Waals surface area (Å²) >= 11 is 0. The van der Waals surface area contributed by atoms with E-state index < -0.39 is 4.92 Å². The van der Waals surface area contributed by atoms with E-state index in [4.69, 9.17) is 4.42 Å². The Morgan fingerprint density at radius 2 is 2.13 bits per heavy atom. The number of aryl methyl sites for hydroxylation is 1. The number of hydrogen-bond donors (Lipinski definition) is 1. The molecule has 0 spiro atoms. The van der Waals surface area contributed by atoms with E-state index in [1.165, 1.54) is 30.5 Å². The van der Waals surface area contributed by atoms with Crippen LogP contribution in [0.1, 0.15) is 28.6 Å². The number of allylic oxidation sites excluding steroid dienone is 1. The molecule has 0 aliphatic rings. The first-order valence-electron chi connectivity index (χ1n) is 6.94. The van der Waals surface area contributed by atoms with Gasteiger partial charge in [0.2, 0.25) is 0 Å². The van der Waals surface area contributed by atoms with Gasteiger partial charge in [-0.1, -0.05) is 25.1 Å². The van der Waals surface area contributed by atoms with Gasteiger partial charge < -0.3 is 4.42 Å². The van der Waals surface area contributed by atoms with Gasteiger partial charge in [-0.05, 0) is 36.3 Å². The Hall–Kier alpha value is -3.22. The smallest absolute Gasteiger partial charge is 0.401 e. The lowest BCUT2D eigenvalue weighted by atomic mass is 10.1. The normalized spacial score (nSPS) is 11.2. The number of hydrazone groups is 1. The molecule has 0 atom stereocenters. The Morgan fingerprint density at radius 1 is 1.35 bits per heavy atom. The number of furan rings is 1. The molecule has 0 unspecified atom stereocenters. The highest BCUT2D eigenvalue weighted by atomic mass is 16.6. The molecule has 118 valence electrons. The number of carbonyl (C=O) groups excluding carboxylic acids is 1. The number of nitrogens with zero attached hydrogens (tertiary/aromatic N) is 2. The third kappa shape index (κ3) is 4.37. The van der Waals surface area contributed by atoms with Crippen molar-refractivity contribution in [1.82, 2.24) is 5.43 Å². The molecule has 2 rings (SSSR count). The van der Waals surface area contributed by atoms with E-state index >= 15 is 0 Å². The van der Waals surface area contributed by atoms with Gasteiger partial charge >= 0.3 is 5.88 Å². The van der Waals surface area contributed by atoms with Crippen molar-refractivity contribution in [3.05, 3.63) is 69.5 Å². The molecule has 1 aromatic heterocycles. The molecular formula is C16H15N3O4. The number of amides is 1. The number of nitrogens with one attached hydrogen (secondary N) is 1. The van der Waals surface area contributed by atoms with Crippen molar-refractivity contribution in [3.8, 4) is 0 Å². The number of hydrogen-bond acceptors (Lipinski definition) is 5. The quantitative estimate of drug-likeness (QED) is 0.503. The maximum Gasteiger partial charge on any atom is 0.433 e. The molecule has 1 heterocycles. The summed E-state index contributed by atoms with van der Waals surface area (Å²) in [6.07, 6.45) is 5.13. The third-order valence-electron chi connectivity index (χ3n) is 3.02. The monoisotopic (exact) mass is 313 g/mol. The highest BCUT2D eigenvalue weighted by Gasteiger charge is 2.09. The minimum atomic E-state index is -0.614. The van der Waals surface area contributed by atoms with Crippen molar-refractivity contribution < 1.29 is 14.1 Å². The van der Waals surface area contributed by atoms with E-state index in [1.54, 1.807) is 12.1 Å².